The molecular formula is C13H23N3O2. The second-order valence-electron chi connectivity index (χ2n) is 5.51. The van der Waals surface area contributed by atoms with Gasteiger partial charge in [-0.05, 0) is 6.42 Å². The van der Waals surface area contributed by atoms with Crippen LogP contribution in [0.2, 0.25) is 0 Å². The Balaban J connectivity index is 1.87. The first-order valence-corrected chi connectivity index (χ1v) is 6.88. The van der Waals surface area contributed by atoms with Crippen molar-refractivity contribution in [1.82, 2.24) is 15.1 Å². The standard InChI is InChI=1S/C13H23N3O2/c1-10(2)12(17)15-4-3-5-16(7-6-15)13(18)11-8-14-9-11/h10-11,14H,3-9H2,1-2H3. The van der Waals surface area contributed by atoms with Crippen LogP contribution in [0.1, 0.15) is 20.3 Å². The van der Waals surface area contributed by atoms with E-state index < -0.39 is 0 Å². The number of carbonyl (C=O) groups is 2. The number of carbonyl (C=O) groups excluding carboxylic acids is 2. The van der Waals surface area contributed by atoms with Crippen molar-refractivity contribution in [1.29, 1.82) is 0 Å². The second kappa shape index (κ2) is 5.69. The van der Waals surface area contributed by atoms with E-state index in [1.165, 1.54) is 0 Å². The molecule has 2 saturated heterocycles. The maximum Gasteiger partial charge on any atom is 0.228 e. The number of hydrogen-bond donors (Lipinski definition) is 1. The summed E-state index contributed by atoms with van der Waals surface area (Å²) in [6.45, 7) is 8.41. The van der Waals surface area contributed by atoms with Gasteiger partial charge in [-0.3, -0.25) is 9.59 Å². The lowest BCUT2D eigenvalue weighted by molar-refractivity contribution is -0.138. The summed E-state index contributed by atoms with van der Waals surface area (Å²) in [6.07, 6.45) is 0.893. The van der Waals surface area contributed by atoms with Crippen LogP contribution in [0.25, 0.3) is 0 Å². The maximum atomic E-state index is 12.1. The predicted octanol–water partition coefficient (Wildman–Crippen LogP) is -0.0773. The summed E-state index contributed by atoms with van der Waals surface area (Å²) in [6, 6.07) is 0. The SMILES string of the molecule is CC(C)C(=O)N1CCCN(C(=O)C2CNC2)CC1. The van der Waals surface area contributed by atoms with Gasteiger partial charge in [0.05, 0.1) is 5.92 Å². The minimum absolute atomic E-state index is 0.0445. The normalized spacial score (nSPS) is 21.7. The summed E-state index contributed by atoms with van der Waals surface area (Å²) in [5.41, 5.74) is 0. The fraction of sp³-hybridized carbons (Fsp3) is 0.846. The van der Waals surface area contributed by atoms with E-state index in [0.29, 0.717) is 13.1 Å². The number of nitrogens with zero attached hydrogens (tertiary/aromatic N) is 2. The van der Waals surface area contributed by atoms with Gasteiger partial charge in [0.25, 0.3) is 0 Å². The molecule has 0 unspecified atom stereocenters. The molecule has 0 aromatic heterocycles. The average Bonchev–Trinajstić information content (AvgIpc) is 2.50. The largest absolute Gasteiger partial charge is 0.341 e. The molecule has 2 aliphatic heterocycles. The van der Waals surface area contributed by atoms with Gasteiger partial charge in [0.2, 0.25) is 11.8 Å². The van der Waals surface area contributed by atoms with Crippen LogP contribution in [0.5, 0.6) is 0 Å². The molecule has 102 valence electrons. The Labute approximate surface area is 108 Å². The molecule has 5 heteroatoms. The molecule has 0 bridgehead atoms. The number of nitrogens with one attached hydrogen (secondary N) is 1. The Morgan fingerprint density at radius 3 is 2.22 bits per heavy atom. The zero-order valence-electron chi connectivity index (χ0n) is 11.3. The molecule has 2 amide bonds. The highest BCUT2D eigenvalue weighted by molar-refractivity contribution is 5.81. The Bertz CT molecular complexity index is 326. The molecule has 1 N–H and O–H groups in total. The van der Waals surface area contributed by atoms with Crippen LogP contribution in [-0.2, 0) is 9.59 Å². The van der Waals surface area contributed by atoms with Crippen molar-refractivity contribution in [3.05, 3.63) is 0 Å². The number of hydrogen-bond acceptors (Lipinski definition) is 3. The van der Waals surface area contributed by atoms with Crippen molar-refractivity contribution >= 4 is 11.8 Å². The van der Waals surface area contributed by atoms with Gasteiger partial charge in [-0.2, -0.15) is 0 Å². The van der Waals surface area contributed by atoms with Crippen LogP contribution >= 0.6 is 0 Å². The van der Waals surface area contributed by atoms with E-state index in [9.17, 15) is 9.59 Å². The third-order valence-corrected chi connectivity index (χ3v) is 3.74. The highest BCUT2D eigenvalue weighted by Crippen LogP contribution is 2.12. The lowest BCUT2D eigenvalue weighted by atomic mass is 10.0. The van der Waals surface area contributed by atoms with Gasteiger partial charge >= 0.3 is 0 Å². The Hall–Kier alpha value is -1.10. The lowest BCUT2D eigenvalue weighted by Gasteiger charge is -2.31. The monoisotopic (exact) mass is 253 g/mol. The zero-order chi connectivity index (χ0) is 13.1. The van der Waals surface area contributed by atoms with Crippen molar-refractivity contribution in [3.63, 3.8) is 0 Å². The molecule has 0 radical (unpaired) electrons. The van der Waals surface area contributed by atoms with Crippen LogP contribution in [0.15, 0.2) is 0 Å². The smallest absolute Gasteiger partial charge is 0.228 e. The third-order valence-electron chi connectivity index (χ3n) is 3.74. The van der Waals surface area contributed by atoms with Gasteiger partial charge in [-0.15, -0.1) is 0 Å². The second-order valence-corrected chi connectivity index (χ2v) is 5.51. The minimum Gasteiger partial charge on any atom is -0.341 e. The molecule has 2 fully saturated rings. The van der Waals surface area contributed by atoms with Crippen molar-refractivity contribution in [2.45, 2.75) is 20.3 Å². The fourth-order valence-electron chi connectivity index (χ4n) is 2.44. The molecule has 0 saturated carbocycles. The molecule has 2 heterocycles. The lowest BCUT2D eigenvalue weighted by Crippen LogP contribution is -2.52. The van der Waals surface area contributed by atoms with Gasteiger partial charge in [-0.1, -0.05) is 13.8 Å². The van der Waals surface area contributed by atoms with Gasteiger partial charge in [0.15, 0.2) is 0 Å². The summed E-state index contributed by atoms with van der Waals surface area (Å²) < 4.78 is 0. The van der Waals surface area contributed by atoms with E-state index >= 15 is 0 Å². The molecular weight excluding hydrogens is 230 g/mol. The molecule has 18 heavy (non-hydrogen) atoms. The first-order valence-electron chi connectivity index (χ1n) is 6.88. The van der Waals surface area contributed by atoms with Crippen molar-refractivity contribution in [2.24, 2.45) is 11.8 Å². The van der Waals surface area contributed by atoms with Crippen LogP contribution in [-0.4, -0.2) is 60.9 Å². The Kier molecular flexibility index (Phi) is 4.22. The molecule has 2 rings (SSSR count). The summed E-state index contributed by atoms with van der Waals surface area (Å²) in [4.78, 5) is 27.9. The fourth-order valence-corrected chi connectivity index (χ4v) is 2.44. The van der Waals surface area contributed by atoms with Crippen molar-refractivity contribution in [2.75, 3.05) is 39.3 Å². The summed E-state index contributed by atoms with van der Waals surface area (Å²) in [7, 11) is 0. The van der Waals surface area contributed by atoms with E-state index in [0.717, 1.165) is 32.6 Å². The van der Waals surface area contributed by atoms with Crippen LogP contribution in [0.3, 0.4) is 0 Å². The van der Waals surface area contributed by atoms with Gasteiger partial charge in [0.1, 0.15) is 0 Å². The summed E-state index contributed by atoms with van der Waals surface area (Å²) >= 11 is 0. The predicted molar refractivity (Wildman–Crippen MR) is 69.0 cm³/mol. The van der Waals surface area contributed by atoms with E-state index in [4.69, 9.17) is 0 Å². The maximum absolute atomic E-state index is 12.1. The van der Waals surface area contributed by atoms with Crippen LogP contribution in [0, 0.1) is 11.8 Å². The zero-order valence-corrected chi connectivity index (χ0v) is 11.3. The average molecular weight is 253 g/mol. The van der Waals surface area contributed by atoms with Gasteiger partial charge < -0.3 is 15.1 Å². The first-order chi connectivity index (χ1) is 8.59. The van der Waals surface area contributed by atoms with Crippen molar-refractivity contribution in [3.8, 4) is 0 Å². The van der Waals surface area contributed by atoms with Crippen LogP contribution < -0.4 is 5.32 Å². The quantitative estimate of drug-likeness (QED) is 0.749. The van der Waals surface area contributed by atoms with Gasteiger partial charge in [-0.25, -0.2) is 0 Å². The first kappa shape index (κ1) is 13.3. The summed E-state index contributed by atoms with van der Waals surface area (Å²) in [5.74, 6) is 0.669. The van der Waals surface area contributed by atoms with E-state index in [2.05, 4.69) is 5.32 Å². The molecule has 0 atom stereocenters. The van der Waals surface area contributed by atoms with Crippen molar-refractivity contribution < 1.29 is 9.59 Å². The highest BCUT2D eigenvalue weighted by Gasteiger charge is 2.30. The van der Waals surface area contributed by atoms with E-state index in [1.807, 2.05) is 23.6 Å². The molecule has 5 nitrogen and oxygen atoms in total. The van der Waals surface area contributed by atoms with E-state index in [-0.39, 0.29) is 23.7 Å². The molecule has 0 spiro atoms. The Morgan fingerprint density at radius 1 is 1.06 bits per heavy atom. The molecule has 2 aliphatic rings. The van der Waals surface area contributed by atoms with Crippen LogP contribution in [0.4, 0.5) is 0 Å². The Morgan fingerprint density at radius 2 is 1.67 bits per heavy atom. The number of amides is 2. The minimum atomic E-state index is 0.0445. The topological polar surface area (TPSA) is 52.7 Å². The molecule has 0 aromatic rings. The number of rotatable bonds is 2. The third kappa shape index (κ3) is 2.83. The highest BCUT2D eigenvalue weighted by atomic mass is 16.2. The summed E-state index contributed by atoms with van der Waals surface area (Å²) in [5, 5.41) is 3.13. The molecule has 0 aliphatic carbocycles. The van der Waals surface area contributed by atoms with Gasteiger partial charge in [0, 0.05) is 45.2 Å². The molecule has 0 aromatic carbocycles. The van der Waals surface area contributed by atoms with E-state index in [1.54, 1.807) is 0 Å².